The van der Waals surface area contributed by atoms with E-state index in [1.807, 2.05) is 0 Å². The Balaban J connectivity index is 2.44. The van der Waals surface area contributed by atoms with Gasteiger partial charge in [-0.15, -0.1) is 10.2 Å². The SMILES string of the molecule is CCCSc1nnc(NC(C)C)s1. The minimum Gasteiger partial charge on any atom is -0.358 e. The number of thioether (sulfide) groups is 1. The van der Waals surface area contributed by atoms with Gasteiger partial charge in [0.15, 0.2) is 4.34 Å². The summed E-state index contributed by atoms with van der Waals surface area (Å²) >= 11 is 3.40. The van der Waals surface area contributed by atoms with Crippen molar-refractivity contribution in [2.24, 2.45) is 0 Å². The van der Waals surface area contributed by atoms with Crippen molar-refractivity contribution in [3.63, 3.8) is 0 Å². The van der Waals surface area contributed by atoms with Gasteiger partial charge in [-0.05, 0) is 20.3 Å². The Labute approximate surface area is 87.3 Å². The van der Waals surface area contributed by atoms with Crippen molar-refractivity contribution in [2.75, 3.05) is 11.1 Å². The quantitative estimate of drug-likeness (QED) is 0.770. The van der Waals surface area contributed by atoms with E-state index in [4.69, 9.17) is 0 Å². The third kappa shape index (κ3) is 3.95. The molecule has 13 heavy (non-hydrogen) atoms. The molecule has 0 aromatic carbocycles. The second kappa shape index (κ2) is 5.44. The Morgan fingerprint density at radius 2 is 2.23 bits per heavy atom. The normalized spacial score (nSPS) is 10.8. The van der Waals surface area contributed by atoms with E-state index in [9.17, 15) is 0 Å². The molecule has 0 aliphatic rings. The number of anilines is 1. The first-order valence-corrected chi connectivity index (χ1v) is 6.25. The van der Waals surface area contributed by atoms with Crippen LogP contribution in [0.2, 0.25) is 0 Å². The number of aromatic nitrogens is 2. The molecule has 3 nitrogen and oxygen atoms in total. The molecule has 1 heterocycles. The molecule has 0 aliphatic carbocycles. The topological polar surface area (TPSA) is 37.8 Å². The van der Waals surface area contributed by atoms with Crippen molar-refractivity contribution in [1.29, 1.82) is 0 Å². The van der Waals surface area contributed by atoms with E-state index in [-0.39, 0.29) is 0 Å². The van der Waals surface area contributed by atoms with Crippen LogP contribution in [0.25, 0.3) is 0 Å². The summed E-state index contributed by atoms with van der Waals surface area (Å²) in [5, 5.41) is 12.3. The van der Waals surface area contributed by atoms with Gasteiger partial charge in [-0.3, -0.25) is 0 Å². The molecule has 1 N–H and O–H groups in total. The molecule has 1 aromatic rings. The number of rotatable bonds is 5. The average molecular weight is 217 g/mol. The van der Waals surface area contributed by atoms with Crippen molar-refractivity contribution in [3.05, 3.63) is 0 Å². The third-order valence-corrected chi connectivity index (χ3v) is 3.44. The van der Waals surface area contributed by atoms with E-state index in [0.717, 1.165) is 15.2 Å². The highest BCUT2D eigenvalue weighted by Crippen LogP contribution is 2.25. The third-order valence-electron chi connectivity index (χ3n) is 1.25. The van der Waals surface area contributed by atoms with Crippen LogP contribution in [0.1, 0.15) is 27.2 Å². The lowest BCUT2D eigenvalue weighted by Gasteiger charge is -2.02. The smallest absolute Gasteiger partial charge is 0.206 e. The van der Waals surface area contributed by atoms with Crippen LogP contribution in [-0.2, 0) is 0 Å². The van der Waals surface area contributed by atoms with Gasteiger partial charge in [0, 0.05) is 11.8 Å². The molecule has 0 amide bonds. The van der Waals surface area contributed by atoms with Crippen LogP contribution in [0.5, 0.6) is 0 Å². The summed E-state index contributed by atoms with van der Waals surface area (Å²) in [4.78, 5) is 0. The van der Waals surface area contributed by atoms with Crippen molar-refractivity contribution in [2.45, 2.75) is 37.6 Å². The summed E-state index contributed by atoms with van der Waals surface area (Å²) < 4.78 is 1.06. The maximum atomic E-state index is 4.08. The lowest BCUT2D eigenvalue weighted by atomic mass is 10.4. The molecule has 74 valence electrons. The van der Waals surface area contributed by atoms with E-state index in [0.29, 0.717) is 6.04 Å². The van der Waals surface area contributed by atoms with Gasteiger partial charge in [-0.25, -0.2) is 0 Å². The number of hydrogen-bond acceptors (Lipinski definition) is 5. The maximum Gasteiger partial charge on any atom is 0.206 e. The highest BCUT2D eigenvalue weighted by Gasteiger charge is 2.04. The van der Waals surface area contributed by atoms with E-state index in [2.05, 4.69) is 36.3 Å². The van der Waals surface area contributed by atoms with Crippen LogP contribution in [0, 0.1) is 0 Å². The van der Waals surface area contributed by atoms with E-state index >= 15 is 0 Å². The first-order chi connectivity index (χ1) is 6.22. The fraction of sp³-hybridized carbons (Fsp3) is 0.750. The summed E-state index contributed by atoms with van der Waals surface area (Å²) in [6.45, 7) is 6.36. The molecule has 0 unspecified atom stereocenters. The largest absolute Gasteiger partial charge is 0.358 e. The molecule has 0 saturated carbocycles. The monoisotopic (exact) mass is 217 g/mol. The van der Waals surface area contributed by atoms with E-state index in [1.165, 1.54) is 6.42 Å². The first kappa shape index (κ1) is 10.8. The highest BCUT2D eigenvalue weighted by atomic mass is 32.2. The summed E-state index contributed by atoms with van der Waals surface area (Å²) in [6, 6.07) is 0.428. The molecule has 0 aliphatic heterocycles. The predicted octanol–water partition coefficient (Wildman–Crippen LogP) is 2.86. The lowest BCUT2D eigenvalue weighted by molar-refractivity contribution is 0.883. The van der Waals surface area contributed by atoms with Crippen LogP contribution < -0.4 is 5.32 Å². The second-order valence-corrected chi connectivity index (χ2v) is 5.34. The average Bonchev–Trinajstić information content (AvgIpc) is 2.48. The van der Waals surface area contributed by atoms with Crippen molar-refractivity contribution in [1.82, 2.24) is 10.2 Å². The maximum absolute atomic E-state index is 4.08. The van der Waals surface area contributed by atoms with E-state index < -0.39 is 0 Å². The van der Waals surface area contributed by atoms with Crippen LogP contribution in [-0.4, -0.2) is 22.0 Å². The number of nitrogens with zero attached hydrogens (tertiary/aromatic N) is 2. The standard InChI is InChI=1S/C8H15N3S2/c1-4-5-12-8-11-10-7(13-8)9-6(2)3/h6H,4-5H2,1-3H3,(H,9,10). The molecular formula is C8H15N3S2. The molecule has 0 bridgehead atoms. The Bertz CT molecular complexity index is 247. The van der Waals surface area contributed by atoms with Crippen LogP contribution in [0.3, 0.4) is 0 Å². The molecule has 0 spiro atoms. The van der Waals surface area contributed by atoms with Gasteiger partial charge in [-0.2, -0.15) is 0 Å². The zero-order chi connectivity index (χ0) is 9.68. The molecule has 0 saturated heterocycles. The van der Waals surface area contributed by atoms with Gasteiger partial charge in [0.2, 0.25) is 5.13 Å². The predicted molar refractivity (Wildman–Crippen MR) is 59.7 cm³/mol. The number of hydrogen-bond donors (Lipinski definition) is 1. The second-order valence-electron chi connectivity index (χ2n) is 3.02. The van der Waals surface area contributed by atoms with Crippen molar-refractivity contribution < 1.29 is 0 Å². The van der Waals surface area contributed by atoms with Crippen LogP contribution in [0.4, 0.5) is 5.13 Å². The highest BCUT2D eigenvalue weighted by molar-refractivity contribution is 8.01. The van der Waals surface area contributed by atoms with Gasteiger partial charge in [0.05, 0.1) is 0 Å². The Morgan fingerprint density at radius 3 is 2.85 bits per heavy atom. The van der Waals surface area contributed by atoms with Gasteiger partial charge >= 0.3 is 0 Å². The molecular weight excluding hydrogens is 202 g/mol. The Hall–Kier alpha value is -0.290. The zero-order valence-corrected chi connectivity index (χ0v) is 9.84. The lowest BCUT2D eigenvalue weighted by Crippen LogP contribution is -2.08. The molecule has 5 heteroatoms. The van der Waals surface area contributed by atoms with Gasteiger partial charge in [0.25, 0.3) is 0 Å². The minimum absolute atomic E-state index is 0.428. The Kier molecular flexibility index (Phi) is 4.52. The van der Waals surface area contributed by atoms with Crippen molar-refractivity contribution >= 4 is 28.2 Å². The van der Waals surface area contributed by atoms with Gasteiger partial charge in [-0.1, -0.05) is 30.0 Å². The summed E-state index contributed by atoms with van der Waals surface area (Å²) in [6.07, 6.45) is 1.18. The molecule has 1 rings (SSSR count). The fourth-order valence-corrected chi connectivity index (χ4v) is 2.59. The first-order valence-electron chi connectivity index (χ1n) is 4.45. The fourth-order valence-electron chi connectivity index (χ4n) is 0.763. The summed E-state index contributed by atoms with van der Waals surface area (Å²) in [5.74, 6) is 1.12. The van der Waals surface area contributed by atoms with Crippen LogP contribution in [0.15, 0.2) is 4.34 Å². The molecule has 0 atom stereocenters. The molecule has 1 aromatic heterocycles. The van der Waals surface area contributed by atoms with E-state index in [1.54, 1.807) is 23.1 Å². The minimum atomic E-state index is 0.428. The molecule has 0 radical (unpaired) electrons. The van der Waals surface area contributed by atoms with Gasteiger partial charge < -0.3 is 5.32 Å². The van der Waals surface area contributed by atoms with Crippen molar-refractivity contribution in [3.8, 4) is 0 Å². The summed E-state index contributed by atoms with van der Waals surface area (Å²) in [5.41, 5.74) is 0. The molecule has 0 fully saturated rings. The van der Waals surface area contributed by atoms with Gasteiger partial charge in [0.1, 0.15) is 0 Å². The Morgan fingerprint density at radius 1 is 1.46 bits per heavy atom. The summed E-state index contributed by atoms with van der Waals surface area (Å²) in [7, 11) is 0. The van der Waals surface area contributed by atoms with Crippen LogP contribution >= 0.6 is 23.1 Å². The number of nitrogens with one attached hydrogen (secondary N) is 1. The zero-order valence-electron chi connectivity index (χ0n) is 8.20.